The first-order chi connectivity index (χ1) is 12.0. The van der Waals surface area contributed by atoms with Crippen molar-refractivity contribution in [2.45, 2.75) is 24.8 Å². The van der Waals surface area contributed by atoms with E-state index in [0.717, 1.165) is 0 Å². The zero-order chi connectivity index (χ0) is 17.9. The Morgan fingerprint density at radius 2 is 1.65 bits per heavy atom. The molecule has 0 unspecified atom stereocenters. The number of carbonyl (C=O) groups excluding carboxylic acids is 2. The van der Waals surface area contributed by atoms with E-state index in [1.807, 2.05) is 0 Å². The minimum absolute atomic E-state index is 0. The van der Waals surface area contributed by atoms with Gasteiger partial charge in [-0.05, 0) is 24.5 Å². The van der Waals surface area contributed by atoms with Gasteiger partial charge in [0.15, 0.2) is 0 Å². The highest BCUT2D eigenvalue weighted by Crippen LogP contribution is 2.21. The Kier molecular flexibility index (Phi) is 6.97. The van der Waals surface area contributed by atoms with Gasteiger partial charge in [0, 0.05) is 39.4 Å². The molecule has 2 aliphatic rings. The summed E-state index contributed by atoms with van der Waals surface area (Å²) in [5.41, 5.74) is 5.80. The van der Waals surface area contributed by atoms with Crippen LogP contribution in [0.25, 0.3) is 0 Å². The molecule has 0 aromatic heterocycles. The number of nitrogens with zero attached hydrogens (tertiary/aromatic N) is 2. The maximum atomic E-state index is 13.7. The number of halogens is 2. The third-order valence-electron chi connectivity index (χ3n) is 5.03. The smallest absolute Gasteiger partial charge is 0.242 e. The summed E-state index contributed by atoms with van der Waals surface area (Å²) in [5, 5.41) is 0. The van der Waals surface area contributed by atoms with Crippen molar-refractivity contribution in [3.63, 3.8) is 0 Å². The molecule has 0 radical (unpaired) electrons. The van der Waals surface area contributed by atoms with E-state index in [1.165, 1.54) is 6.07 Å². The minimum atomic E-state index is -0.850. The Labute approximate surface area is 158 Å². The second-order valence-corrected chi connectivity index (χ2v) is 6.71. The molecule has 26 heavy (non-hydrogen) atoms. The maximum Gasteiger partial charge on any atom is 0.242 e. The second-order valence-electron chi connectivity index (χ2n) is 6.71. The van der Waals surface area contributed by atoms with Gasteiger partial charge in [0.2, 0.25) is 11.8 Å². The summed E-state index contributed by atoms with van der Waals surface area (Å²) in [7, 11) is 0. The first-order valence-corrected chi connectivity index (χ1v) is 8.67. The normalized spacial score (nSPS) is 19.6. The van der Waals surface area contributed by atoms with Crippen LogP contribution in [0.2, 0.25) is 0 Å². The first kappa shape index (κ1) is 20.6. The van der Waals surface area contributed by atoms with Gasteiger partial charge in [-0.3, -0.25) is 9.59 Å². The van der Waals surface area contributed by atoms with Crippen LogP contribution in [0.3, 0.4) is 0 Å². The molecular weight excluding hydrogens is 361 g/mol. The number of carbonyl (C=O) groups is 2. The molecular formula is C18H25ClFN3O3. The molecule has 2 saturated heterocycles. The average molecular weight is 386 g/mol. The summed E-state index contributed by atoms with van der Waals surface area (Å²) in [5.74, 6) is -0.544. The quantitative estimate of drug-likeness (QED) is 0.841. The van der Waals surface area contributed by atoms with Crippen LogP contribution < -0.4 is 5.73 Å². The van der Waals surface area contributed by atoms with Crippen molar-refractivity contribution in [1.29, 1.82) is 0 Å². The standard InChI is InChI=1S/C18H24FN3O3.ClH/c19-15-4-2-1-3-14(15)13-16(23)21-7-9-22(10-8-21)17(24)18(20)5-11-25-12-6-18;/h1-4H,5-13,20H2;1H. The molecule has 1 aromatic carbocycles. The number of amides is 2. The molecule has 2 fully saturated rings. The van der Waals surface area contributed by atoms with Gasteiger partial charge in [-0.25, -0.2) is 4.39 Å². The highest BCUT2D eigenvalue weighted by molar-refractivity contribution is 5.87. The van der Waals surface area contributed by atoms with Crippen LogP contribution >= 0.6 is 12.4 Å². The van der Waals surface area contributed by atoms with E-state index in [0.29, 0.717) is 57.8 Å². The molecule has 0 aliphatic carbocycles. The molecule has 6 nitrogen and oxygen atoms in total. The van der Waals surface area contributed by atoms with E-state index in [2.05, 4.69) is 0 Å². The summed E-state index contributed by atoms with van der Waals surface area (Å²) >= 11 is 0. The fourth-order valence-electron chi connectivity index (χ4n) is 3.34. The van der Waals surface area contributed by atoms with Crippen molar-refractivity contribution in [2.75, 3.05) is 39.4 Å². The molecule has 2 amide bonds. The SMILES string of the molecule is Cl.NC1(C(=O)N2CCN(C(=O)Cc3ccccc3F)CC2)CCOCC1. The van der Waals surface area contributed by atoms with E-state index in [-0.39, 0.29) is 36.5 Å². The topological polar surface area (TPSA) is 75.9 Å². The lowest BCUT2D eigenvalue weighted by Gasteiger charge is -2.41. The van der Waals surface area contributed by atoms with Gasteiger partial charge in [-0.1, -0.05) is 18.2 Å². The molecule has 0 atom stereocenters. The van der Waals surface area contributed by atoms with Crippen LogP contribution in [-0.4, -0.2) is 66.5 Å². The van der Waals surface area contributed by atoms with Gasteiger partial charge >= 0.3 is 0 Å². The molecule has 0 bridgehead atoms. The number of hydrogen-bond acceptors (Lipinski definition) is 4. The zero-order valence-corrected chi connectivity index (χ0v) is 15.5. The lowest BCUT2D eigenvalue weighted by Crippen LogP contribution is -2.61. The monoisotopic (exact) mass is 385 g/mol. The van der Waals surface area contributed by atoms with Crippen LogP contribution in [-0.2, 0) is 20.7 Å². The third-order valence-corrected chi connectivity index (χ3v) is 5.03. The van der Waals surface area contributed by atoms with Gasteiger partial charge in [0.1, 0.15) is 5.82 Å². The highest BCUT2D eigenvalue weighted by atomic mass is 35.5. The predicted molar refractivity (Wildman–Crippen MR) is 97.5 cm³/mol. The molecule has 1 aromatic rings. The van der Waals surface area contributed by atoms with Crippen LogP contribution in [0.15, 0.2) is 24.3 Å². The fourth-order valence-corrected chi connectivity index (χ4v) is 3.34. The van der Waals surface area contributed by atoms with E-state index < -0.39 is 5.54 Å². The summed E-state index contributed by atoms with van der Waals surface area (Å²) in [6.07, 6.45) is 1.09. The lowest BCUT2D eigenvalue weighted by atomic mass is 9.89. The summed E-state index contributed by atoms with van der Waals surface area (Å²) in [6, 6.07) is 6.30. The number of piperazine rings is 1. The maximum absolute atomic E-state index is 13.7. The highest BCUT2D eigenvalue weighted by Gasteiger charge is 2.40. The fraction of sp³-hybridized carbons (Fsp3) is 0.556. The van der Waals surface area contributed by atoms with Crippen molar-refractivity contribution in [3.8, 4) is 0 Å². The number of rotatable bonds is 3. The Balaban J connectivity index is 0.00000243. The Bertz CT molecular complexity index is 644. The van der Waals surface area contributed by atoms with Crippen LogP contribution in [0.4, 0.5) is 4.39 Å². The second kappa shape index (κ2) is 8.79. The van der Waals surface area contributed by atoms with Crippen molar-refractivity contribution < 1.29 is 18.7 Å². The van der Waals surface area contributed by atoms with Crippen molar-refractivity contribution in [2.24, 2.45) is 5.73 Å². The lowest BCUT2D eigenvalue weighted by molar-refractivity contribution is -0.145. The Morgan fingerprint density at radius 1 is 1.08 bits per heavy atom. The van der Waals surface area contributed by atoms with Gasteiger partial charge in [0.25, 0.3) is 0 Å². The molecule has 2 aliphatic heterocycles. The van der Waals surface area contributed by atoms with Crippen LogP contribution in [0, 0.1) is 5.82 Å². The summed E-state index contributed by atoms with van der Waals surface area (Å²) in [4.78, 5) is 28.5. The first-order valence-electron chi connectivity index (χ1n) is 8.67. The number of ether oxygens (including phenoxy) is 1. The molecule has 0 spiro atoms. The van der Waals surface area contributed by atoms with Gasteiger partial charge < -0.3 is 20.3 Å². The summed E-state index contributed by atoms with van der Waals surface area (Å²) in [6.45, 7) is 2.83. The van der Waals surface area contributed by atoms with Crippen molar-refractivity contribution in [1.82, 2.24) is 9.80 Å². The number of benzene rings is 1. The van der Waals surface area contributed by atoms with E-state index in [9.17, 15) is 14.0 Å². The van der Waals surface area contributed by atoms with Crippen molar-refractivity contribution in [3.05, 3.63) is 35.6 Å². The molecule has 3 rings (SSSR count). The van der Waals surface area contributed by atoms with Crippen LogP contribution in [0.5, 0.6) is 0 Å². The van der Waals surface area contributed by atoms with Crippen molar-refractivity contribution >= 4 is 24.2 Å². The predicted octanol–water partition coefficient (Wildman–Crippen LogP) is 0.969. The number of hydrogen-bond donors (Lipinski definition) is 1. The Morgan fingerprint density at radius 3 is 2.27 bits per heavy atom. The van der Waals surface area contributed by atoms with Gasteiger partial charge in [-0.2, -0.15) is 0 Å². The van der Waals surface area contributed by atoms with E-state index >= 15 is 0 Å². The van der Waals surface area contributed by atoms with Crippen LogP contribution in [0.1, 0.15) is 18.4 Å². The third kappa shape index (κ3) is 4.52. The average Bonchev–Trinajstić information content (AvgIpc) is 2.64. The summed E-state index contributed by atoms with van der Waals surface area (Å²) < 4.78 is 19.0. The molecule has 2 N–H and O–H groups in total. The van der Waals surface area contributed by atoms with Gasteiger partial charge in [0.05, 0.1) is 12.0 Å². The molecule has 0 saturated carbocycles. The number of nitrogens with two attached hydrogens (primary N) is 1. The molecule has 2 heterocycles. The minimum Gasteiger partial charge on any atom is -0.381 e. The molecule has 144 valence electrons. The van der Waals surface area contributed by atoms with E-state index in [4.69, 9.17) is 10.5 Å². The Hall–Kier alpha value is -1.70. The van der Waals surface area contributed by atoms with Gasteiger partial charge in [-0.15, -0.1) is 12.4 Å². The van der Waals surface area contributed by atoms with E-state index in [1.54, 1.807) is 28.0 Å². The molecule has 8 heteroatoms. The largest absolute Gasteiger partial charge is 0.381 e. The zero-order valence-electron chi connectivity index (χ0n) is 14.7.